The zero-order valence-corrected chi connectivity index (χ0v) is 16.9. The summed E-state index contributed by atoms with van der Waals surface area (Å²) in [6, 6.07) is 4.62. The molecule has 0 aliphatic carbocycles. The van der Waals surface area contributed by atoms with E-state index in [4.69, 9.17) is 10.00 Å². The summed E-state index contributed by atoms with van der Waals surface area (Å²) in [7, 11) is -3.80. The number of nitrogens with one attached hydrogen (secondary N) is 1. The molecule has 0 saturated carbocycles. The first-order chi connectivity index (χ1) is 12.8. The molecule has 0 bridgehead atoms. The number of sulfone groups is 1. The Balaban J connectivity index is 3.37. The van der Waals surface area contributed by atoms with E-state index in [1.165, 1.54) is 0 Å². The Morgan fingerprint density at radius 1 is 1.32 bits per heavy atom. The second-order valence-electron chi connectivity index (χ2n) is 7.43. The molecule has 2 atom stereocenters. The summed E-state index contributed by atoms with van der Waals surface area (Å²) >= 11 is 0. The van der Waals surface area contributed by atoms with Crippen LogP contribution in [0.5, 0.6) is 0 Å². The number of halogens is 3. The van der Waals surface area contributed by atoms with E-state index in [9.17, 15) is 26.4 Å². The van der Waals surface area contributed by atoms with Gasteiger partial charge in [0.2, 0.25) is 0 Å². The number of ether oxygens (including phenoxy) is 1. The van der Waals surface area contributed by atoms with Crippen LogP contribution in [0.1, 0.15) is 39.2 Å². The van der Waals surface area contributed by atoms with Gasteiger partial charge in [-0.2, -0.15) is 5.26 Å². The molecule has 1 aromatic rings. The average molecular weight is 420 g/mol. The van der Waals surface area contributed by atoms with Crippen LogP contribution in [0.25, 0.3) is 0 Å². The first kappa shape index (κ1) is 23.8. The van der Waals surface area contributed by atoms with Crippen LogP contribution in [0.2, 0.25) is 0 Å². The van der Waals surface area contributed by atoms with Gasteiger partial charge < -0.3 is 10.1 Å². The predicted molar refractivity (Wildman–Crippen MR) is 96.9 cm³/mol. The van der Waals surface area contributed by atoms with Crippen LogP contribution in [0.15, 0.2) is 18.2 Å². The van der Waals surface area contributed by atoms with E-state index in [0.29, 0.717) is 0 Å². The van der Waals surface area contributed by atoms with Crippen molar-refractivity contribution in [2.75, 3.05) is 12.9 Å². The molecule has 10 heteroatoms. The molecule has 0 heterocycles. The van der Waals surface area contributed by atoms with E-state index >= 15 is 0 Å². The number of carbonyl (C=O) groups excluding carboxylic acids is 1. The number of amides is 1. The molecule has 1 aromatic carbocycles. The number of carbonyl (C=O) groups is 1. The number of nitrogens with zero attached hydrogens (tertiary/aromatic N) is 1. The molecule has 0 spiro atoms. The lowest BCUT2D eigenvalue weighted by Gasteiger charge is -2.34. The van der Waals surface area contributed by atoms with Crippen molar-refractivity contribution in [2.24, 2.45) is 0 Å². The average Bonchev–Trinajstić information content (AvgIpc) is 2.54. The molecule has 1 N–H and O–H groups in total. The fourth-order valence-corrected chi connectivity index (χ4v) is 3.30. The highest BCUT2D eigenvalue weighted by Crippen LogP contribution is 2.32. The van der Waals surface area contributed by atoms with Crippen molar-refractivity contribution in [1.29, 1.82) is 5.26 Å². The van der Waals surface area contributed by atoms with Crippen molar-refractivity contribution in [3.05, 3.63) is 35.4 Å². The van der Waals surface area contributed by atoms with Crippen LogP contribution >= 0.6 is 0 Å². The molecule has 1 rings (SSSR count). The van der Waals surface area contributed by atoms with Gasteiger partial charge in [0.25, 0.3) is 0 Å². The maximum atomic E-state index is 14.4. The molecule has 1 unspecified atom stereocenters. The molecule has 1 amide bonds. The van der Waals surface area contributed by atoms with Gasteiger partial charge in [-0.05, 0) is 39.7 Å². The summed E-state index contributed by atoms with van der Waals surface area (Å²) in [4.78, 5) is 12.2. The number of alkyl halides is 1. The lowest BCUT2D eigenvalue weighted by molar-refractivity contribution is 0.0417. The summed E-state index contributed by atoms with van der Waals surface area (Å²) in [5, 5.41) is 9.77. The van der Waals surface area contributed by atoms with Crippen LogP contribution in [-0.4, -0.2) is 38.3 Å². The molecule has 6 nitrogen and oxygen atoms in total. The maximum absolute atomic E-state index is 14.4. The van der Waals surface area contributed by atoms with Crippen molar-refractivity contribution >= 4 is 15.9 Å². The van der Waals surface area contributed by atoms with Gasteiger partial charge in [-0.3, -0.25) is 0 Å². The Labute approximate surface area is 162 Å². The van der Waals surface area contributed by atoms with Gasteiger partial charge in [0.05, 0.1) is 11.6 Å². The predicted octanol–water partition coefficient (Wildman–Crippen LogP) is 3.37. The Hall–Kier alpha value is -2.28. The van der Waals surface area contributed by atoms with Crippen molar-refractivity contribution < 1.29 is 31.1 Å². The Morgan fingerprint density at radius 3 is 2.39 bits per heavy atom. The third-order valence-corrected chi connectivity index (χ3v) is 5.30. The zero-order chi connectivity index (χ0) is 21.8. The minimum Gasteiger partial charge on any atom is -0.444 e. The third-order valence-electron chi connectivity index (χ3n) is 3.93. The molecule has 28 heavy (non-hydrogen) atoms. The van der Waals surface area contributed by atoms with Crippen molar-refractivity contribution in [1.82, 2.24) is 5.32 Å². The molecule has 0 saturated heterocycles. The number of hydrogen-bond donors (Lipinski definition) is 1. The normalized spacial score (nSPS) is 15.2. The fourth-order valence-electron chi connectivity index (χ4n) is 2.56. The minimum atomic E-state index is -3.80. The number of alkyl carbamates (subject to hydrolysis) is 1. The summed E-state index contributed by atoms with van der Waals surface area (Å²) < 4.78 is 70.7. The third kappa shape index (κ3) is 6.12. The second kappa shape index (κ2) is 8.82. The van der Waals surface area contributed by atoms with Crippen molar-refractivity contribution in [3.63, 3.8) is 0 Å². The van der Waals surface area contributed by atoms with Gasteiger partial charge in [-0.1, -0.05) is 12.1 Å². The van der Waals surface area contributed by atoms with Gasteiger partial charge in [0, 0.05) is 11.8 Å². The van der Waals surface area contributed by atoms with E-state index in [1.807, 2.05) is 0 Å². The van der Waals surface area contributed by atoms with Gasteiger partial charge >= 0.3 is 6.09 Å². The van der Waals surface area contributed by atoms with Gasteiger partial charge in [0.1, 0.15) is 17.5 Å². The highest BCUT2D eigenvalue weighted by Gasteiger charge is 2.40. The van der Waals surface area contributed by atoms with E-state index < -0.39 is 69.0 Å². The van der Waals surface area contributed by atoms with Crippen LogP contribution < -0.4 is 5.32 Å². The first-order valence-electron chi connectivity index (χ1n) is 8.36. The number of nitriles is 1. The van der Waals surface area contributed by atoms with Crippen LogP contribution in [-0.2, 0) is 20.1 Å². The largest absolute Gasteiger partial charge is 0.444 e. The standard InChI is InChI=1S/C18H23F3N2O4S/c1-17(2,3)27-16(24)23-18(11-19,9-8-12(10-22)28(4,25)26)13-6-5-7-14(20)15(13)21/h5-7,12H,8-9,11H2,1-4H3,(H,23,24)/t12?,18-/m1/s1. The van der Waals surface area contributed by atoms with E-state index in [-0.39, 0.29) is 0 Å². The minimum absolute atomic E-state index is 0.412. The quantitative estimate of drug-likeness (QED) is 0.730. The number of rotatable bonds is 7. The summed E-state index contributed by atoms with van der Waals surface area (Å²) in [6.45, 7) is 3.29. The molecule has 156 valence electrons. The first-order valence-corrected chi connectivity index (χ1v) is 10.3. The summed E-state index contributed by atoms with van der Waals surface area (Å²) in [5.41, 5.74) is -3.57. The number of hydrogen-bond acceptors (Lipinski definition) is 5. The molecule has 0 aromatic heterocycles. The fraction of sp³-hybridized carbons (Fsp3) is 0.556. The van der Waals surface area contributed by atoms with Gasteiger partial charge in [0.15, 0.2) is 21.5 Å². The van der Waals surface area contributed by atoms with E-state index in [0.717, 1.165) is 24.5 Å². The lowest BCUT2D eigenvalue weighted by Crippen LogP contribution is -2.50. The molecular formula is C18H23F3N2O4S. The highest BCUT2D eigenvalue weighted by atomic mass is 32.2. The summed E-state index contributed by atoms with van der Waals surface area (Å²) in [5.74, 6) is -2.65. The molecule has 0 radical (unpaired) electrons. The monoisotopic (exact) mass is 420 g/mol. The van der Waals surface area contributed by atoms with Crippen molar-refractivity contribution in [3.8, 4) is 6.07 Å². The van der Waals surface area contributed by atoms with Crippen molar-refractivity contribution in [2.45, 2.75) is 50.0 Å². The second-order valence-corrected chi connectivity index (χ2v) is 9.66. The van der Waals surface area contributed by atoms with E-state index in [1.54, 1.807) is 26.8 Å². The Bertz CT molecular complexity index is 863. The Morgan fingerprint density at radius 2 is 1.93 bits per heavy atom. The van der Waals surface area contributed by atoms with Crippen LogP contribution in [0.4, 0.5) is 18.0 Å². The zero-order valence-electron chi connectivity index (χ0n) is 16.1. The molecule has 0 aliphatic rings. The molecular weight excluding hydrogens is 397 g/mol. The molecule has 0 fully saturated rings. The molecule has 0 aliphatic heterocycles. The maximum Gasteiger partial charge on any atom is 0.408 e. The summed E-state index contributed by atoms with van der Waals surface area (Å²) in [6.07, 6.45) is -1.15. The number of benzene rings is 1. The van der Waals surface area contributed by atoms with Gasteiger partial charge in [-0.25, -0.2) is 26.4 Å². The topological polar surface area (TPSA) is 96.3 Å². The smallest absolute Gasteiger partial charge is 0.408 e. The SMILES string of the molecule is CC(C)(C)OC(=O)N[C@@](CF)(CCC(C#N)S(C)(=O)=O)c1cccc(F)c1F. The Kier molecular flexibility index (Phi) is 7.48. The van der Waals surface area contributed by atoms with Crippen LogP contribution in [0, 0.1) is 23.0 Å². The van der Waals surface area contributed by atoms with E-state index in [2.05, 4.69) is 5.32 Å². The highest BCUT2D eigenvalue weighted by molar-refractivity contribution is 7.91. The van der Waals surface area contributed by atoms with Crippen LogP contribution in [0.3, 0.4) is 0 Å². The lowest BCUT2D eigenvalue weighted by atomic mass is 9.85. The van der Waals surface area contributed by atoms with Gasteiger partial charge in [-0.15, -0.1) is 0 Å².